The van der Waals surface area contributed by atoms with E-state index in [9.17, 15) is 4.79 Å². The Labute approximate surface area is 95.5 Å². The fraction of sp³-hybridized carbons (Fsp3) is 0.214. The highest BCUT2D eigenvalue weighted by Gasteiger charge is 2.01. The number of rotatable bonds is 3. The molecule has 0 bridgehead atoms. The van der Waals surface area contributed by atoms with E-state index in [0.29, 0.717) is 5.56 Å². The van der Waals surface area contributed by atoms with Crippen LogP contribution in [0, 0.1) is 0 Å². The Morgan fingerprint density at radius 1 is 1.12 bits per heavy atom. The molecule has 2 nitrogen and oxygen atoms in total. The lowest BCUT2D eigenvalue weighted by Gasteiger charge is -2.17. The lowest BCUT2D eigenvalue weighted by Crippen LogP contribution is -2.15. The highest BCUT2D eigenvalue weighted by Crippen LogP contribution is 2.22. The van der Waals surface area contributed by atoms with Crippen LogP contribution in [0.25, 0.3) is 10.8 Å². The molecule has 0 aliphatic carbocycles. The Morgan fingerprint density at radius 3 is 2.56 bits per heavy atom. The van der Waals surface area contributed by atoms with Gasteiger partial charge in [-0.25, -0.2) is 0 Å². The molecule has 2 heteroatoms. The van der Waals surface area contributed by atoms with E-state index in [1.807, 2.05) is 18.4 Å². The molecule has 1 radical (unpaired) electrons. The molecule has 81 valence electrons. The molecular weight excluding hydrogens is 198 g/mol. The molecule has 0 aromatic heterocycles. The summed E-state index contributed by atoms with van der Waals surface area (Å²) in [5, 5.41) is 2.23. The number of anilines is 1. The van der Waals surface area contributed by atoms with Gasteiger partial charge in [-0.3, -0.25) is 4.79 Å². The SMILES string of the molecule is CCN(C)c1ccc2ccc([C]=O)cc2c1. The van der Waals surface area contributed by atoms with E-state index in [2.05, 4.69) is 37.1 Å². The third kappa shape index (κ3) is 1.91. The number of nitrogens with zero attached hydrogens (tertiary/aromatic N) is 1. The van der Waals surface area contributed by atoms with Gasteiger partial charge < -0.3 is 4.90 Å². The maximum atomic E-state index is 10.6. The lowest BCUT2D eigenvalue weighted by atomic mass is 10.1. The van der Waals surface area contributed by atoms with Crippen LogP contribution in [0.3, 0.4) is 0 Å². The molecule has 0 aliphatic rings. The van der Waals surface area contributed by atoms with E-state index >= 15 is 0 Å². The maximum absolute atomic E-state index is 10.6. The summed E-state index contributed by atoms with van der Waals surface area (Å²) in [4.78, 5) is 12.8. The molecule has 0 amide bonds. The Hall–Kier alpha value is -1.83. The minimum atomic E-state index is 0.601. The van der Waals surface area contributed by atoms with E-state index in [-0.39, 0.29) is 0 Å². The van der Waals surface area contributed by atoms with Crippen molar-refractivity contribution < 1.29 is 4.79 Å². The molecular formula is C14H14NO. The van der Waals surface area contributed by atoms with Gasteiger partial charge in [0.2, 0.25) is 6.29 Å². The first-order chi connectivity index (χ1) is 7.74. The van der Waals surface area contributed by atoms with Crippen LogP contribution in [0.4, 0.5) is 5.69 Å². The van der Waals surface area contributed by atoms with Crippen molar-refractivity contribution in [2.24, 2.45) is 0 Å². The van der Waals surface area contributed by atoms with Gasteiger partial charge in [0, 0.05) is 24.8 Å². The topological polar surface area (TPSA) is 20.3 Å². The molecule has 2 aromatic rings. The van der Waals surface area contributed by atoms with Gasteiger partial charge in [0.1, 0.15) is 0 Å². The second kappa shape index (κ2) is 4.35. The minimum absolute atomic E-state index is 0.601. The zero-order valence-electron chi connectivity index (χ0n) is 9.53. The van der Waals surface area contributed by atoms with Gasteiger partial charge in [-0.15, -0.1) is 0 Å². The van der Waals surface area contributed by atoms with Crippen molar-refractivity contribution >= 4 is 22.7 Å². The van der Waals surface area contributed by atoms with E-state index in [1.165, 1.54) is 0 Å². The van der Waals surface area contributed by atoms with Crippen molar-refractivity contribution in [2.75, 3.05) is 18.5 Å². The number of hydrogen-bond donors (Lipinski definition) is 0. The van der Waals surface area contributed by atoms with E-state index in [4.69, 9.17) is 0 Å². The molecule has 0 aliphatic heterocycles. The van der Waals surface area contributed by atoms with Crippen molar-refractivity contribution in [3.63, 3.8) is 0 Å². The van der Waals surface area contributed by atoms with Crippen LogP contribution in [0.2, 0.25) is 0 Å². The molecule has 0 saturated carbocycles. The molecule has 0 fully saturated rings. The van der Waals surface area contributed by atoms with Gasteiger partial charge in [0.15, 0.2) is 0 Å². The van der Waals surface area contributed by atoms with Gasteiger partial charge in [0.25, 0.3) is 0 Å². The zero-order chi connectivity index (χ0) is 11.5. The first kappa shape index (κ1) is 10.7. The fourth-order valence-electron chi connectivity index (χ4n) is 1.72. The molecule has 0 saturated heterocycles. The molecule has 0 spiro atoms. The Balaban J connectivity index is 2.54. The number of benzene rings is 2. The van der Waals surface area contributed by atoms with Crippen LogP contribution in [-0.2, 0) is 4.79 Å². The van der Waals surface area contributed by atoms with E-state index in [0.717, 1.165) is 23.0 Å². The van der Waals surface area contributed by atoms with Crippen LogP contribution in [0.1, 0.15) is 12.5 Å². The molecule has 0 unspecified atom stereocenters. The predicted octanol–water partition coefficient (Wildman–Crippen LogP) is 2.75. The monoisotopic (exact) mass is 212 g/mol. The smallest absolute Gasteiger partial charge is 0.233 e. The van der Waals surface area contributed by atoms with Crippen molar-refractivity contribution in [2.45, 2.75) is 6.92 Å². The van der Waals surface area contributed by atoms with Gasteiger partial charge >= 0.3 is 0 Å². The number of hydrogen-bond acceptors (Lipinski definition) is 2. The Morgan fingerprint density at radius 2 is 1.88 bits per heavy atom. The van der Waals surface area contributed by atoms with Crippen molar-refractivity contribution in [3.05, 3.63) is 42.0 Å². The predicted molar refractivity (Wildman–Crippen MR) is 67.7 cm³/mol. The summed E-state index contributed by atoms with van der Waals surface area (Å²) in [5.41, 5.74) is 1.77. The van der Waals surface area contributed by atoms with E-state index < -0.39 is 0 Å². The second-order valence-corrected chi connectivity index (χ2v) is 3.86. The van der Waals surface area contributed by atoms with Crippen molar-refractivity contribution in [3.8, 4) is 0 Å². The number of fused-ring (bicyclic) bond motifs is 1. The van der Waals surface area contributed by atoms with Crippen LogP contribution in [0.5, 0.6) is 0 Å². The number of carbonyl (C=O) groups excluding carboxylic acids is 1. The van der Waals surface area contributed by atoms with E-state index in [1.54, 1.807) is 6.07 Å². The average Bonchev–Trinajstić information content (AvgIpc) is 2.36. The fourth-order valence-corrected chi connectivity index (χ4v) is 1.72. The lowest BCUT2D eigenvalue weighted by molar-refractivity contribution is 0.563. The van der Waals surface area contributed by atoms with Crippen LogP contribution >= 0.6 is 0 Å². The average molecular weight is 212 g/mol. The van der Waals surface area contributed by atoms with Gasteiger partial charge in [-0.05, 0) is 35.9 Å². The summed E-state index contributed by atoms with van der Waals surface area (Å²) >= 11 is 0. The summed E-state index contributed by atoms with van der Waals surface area (Å²) in [7, 11) is 2.05. The summed E-state index contributed by atoms with van der Waals surface area (Å²) < 4.78 is 0. The van der Waals surface area contributed by atoms with Crippen molar-refractivity contribution in [1.82, 2.24) is 0 Å². The quantitative estimate of drug-likeness (QED) is 0.779. The van der Waals surface area contributed by atoms with Crippen molar-refractivity contribution in [1.29, 1.82) is 0 Å². The second-order valence-electron chi connectivity index (χ2n) is 3.86. The normalized spacial score (nSPS) is 10.4. The Kier molecular flexibility index (Phi) is 2.91. The largest absolute Gasteiger partial charge is 0.375 e. The zero-order valence-corrected chi connectivity index (χ0v) is 9.53. The molecule has 0 heterocycles. The van der Waals surface area contributed by atoms with Crippen LogP contribution in [0.15, 0.2) is 36.4 Å². The molecule has 2 rings (SSSR count). The Bertz CT molecular complexity index is 519. The van der Waals surface area contributed by atoms with Gasteiger partial charge in [-0.1, -0.05) is 18.2 Å². The molecule has 0 N–H and O–H groups in total. The summed E-state index contributed by atoms with van der Waals surface area (Å²) in [6, 6.07) is 11.9. The third-order valence-electron chi connectivity index (χ3n) is 2.86. The molecule has 16 heavy (non-hydrogen) atoms. The molecule has 0 atom stereocenters. The summed E-state index contributed by atoms with van der Waals surface area (Å²) in [6.45, 7) is 3.07. The van der Waals surface area contributed by atoms with Gasteiger partial charge in [0.05, 0.1) is 0 Å². The van der Waals surface area contributed by atoms with Gasteiger partial charge in [-0.2, -0.15) is 0 Å². The maximum Gasteiger partial charge on any atom is 0.233 e. The first-order valence-electron chi connectivity index (χ1n) is 5.37. The third-order valence-corrected chi connectivity index (χ3v) is 2.86. The van der Waals surface area contributed by atoms with Crippen LogP contribution < -0.4 is 4.90 Å². The standard InChI is InChI=1S/C14H14NO/c1-3-15(2)14-7-6-12-5-4-11(10-16)8-13(12)9-14/h4-9H,3H2,1-2H3. The first-order valence-corrected chi connectivity index (χ1v) is 5.37. The summed E-state index contributed by atoms with van der Waals surface area (Å²) in [6.07, 6.45) is 1.92. The highest BCUT2D eigenvalue weighted by molar-refractivity contribution is 5.91. The van der Waals surface area contributed by atoms with Crippen LogP contribution in [-0.4, -0.2) is 19.9 Å². The minimum Gasteiger partial charge on any atom is -0.375 e. The molecule has 2 aromatic carbocycles. The summed E-state index contributed by atoms with van der Waals surface area (Å²) in [5.74, 6) is 0. The highest BCUT2D eigenvalue weighted by atomic mass is 16.1.